The predicted octanol–water partition coefficient (Wildman–Crippen LogP) is 4.53. The van der Waals surface area contributed by atoms with Crippen molar-refractivity contribution in [3.05, 3.63) is 62.0 Å². The Morgan fingerprint density at radius 1 is 1.22 bits per heavy atom. The van der Waals surface area contributed by atoms with Gasteiger partial charge in [0, 0.05) is 5.69 Å². The van der Waals surface area contributed by atoms with E-state index >= 15 is 0 Å². The number of rotatable bonds is 6. The van der Waals surface area contributed by atoms with Gasteiger partial charge in [0.05, 0.1) is 8.95 Å². The van der Waals surface area contributed by atoms with Gasteiger partial charge in [-0.1, -0.05) is 17.7 Å². The van der Waals surface area contributed by atoms with Gasteiger partial charge in [0.1, 0.15) is 17.4 Å². The van der Waals surface area contributed by atoms with Crippen molar-refractivity contribution in [2.75, 3.05) is 11.9 Å². The van der Waals surface area contributed by atoms with Crippen LogP contribution in [0.5, 0.6) is 5.75 Å². The fourth-order valence-corrected chi connectivity index (χ4v) is 3.54. The number of hydrogen-bond donors (Lipinski definition) is 2. The van der Waals surface area contributed by atoms with Crippen LogP contribution in [0.2, 0.25) is 0 Å². The zero-order valence-corrected chi connectivity index (χ0v) is 17.3. The van der Waals surface area contributed by atoms with E-state index in [2.05, 4.69) is 37.2 Å². The van der Waals surface area contributed by atoms with Gasteiger partial charge in [-0.15, -0.1) is 0 Å². The molecule has 138 valence electrons. The maximum atomic E-state index is 12.3. The second-order valence-corrected chi connectivity index (χ2v) is 7.19. The molecule has 0 spiro atoms. The van der Waals surface area contributed by atoms with E-state index in [1.165, 1.54) is 6.08 Å². The number of benzene rings is 2. The summed E-state index contributed by atoms with van der Waals surface area (Å²) in [5, 5.41) is 20.7. The monoisotopic (exact) mass is 492 g/mol. The number of aryl methyl sites for hydroxylation is 1. The molecule has 2 aromatic rings. The van der Waals surface area contributed by atoms with E-state index in [9.17, 15) is 14.9 Å². The highest BCUT2D eigenvalue weighted by molar-refractivity contribution is 9.11. The smallest absolute Gasteiger partial charge is 0.341 e. The van der Waals surface area contributed by atoms with E-state index in [0.717, 1.165) is 5.56 Å². The molecule has 2 N–H and O–H groups in total. The number of hydrogen-bond acceptors (Lipinski definition) is 4. The highest BCUT2D eigenvalue weighted by Gasteiger charge is 2.13. The molecule has 0 heterocycles. The third-order valence-corrected chi connectivity index (χ3v) is 4.52. The number of anilines is 1. The highest BCUT2D eigenvalue weighted by atomic mass is 79.9. The van der Waals surface area contributed by atoms with Gasteiger partial charge in [-0.05, 0) is 74.7 Å². The van der Waals surface area contributed by atoms with Gasteiger partial charge in [0.25, 0.3) is 5.91 Å². The van der Waals surface area contributed by atoms with Gasteiger partial charge in [0.15, 0.2) is 6.61 Å². The van der Waals surface area contributed by atoms with Crippen molar-refractivity contribution in [3.8, 4) is 11.8 Å². The Balaban J connectivity index is 2.23. The second-order valence-electron chi connectivity index (χ2n) is 5.49. The standard InChI is InChI=1S/C19H14Br2N2O4/c1-11-2-4-14(5-3-11)23-19(26)13(9-22)6-12-7-15(20)18(16(21)8-12)27-10-17(24)25/h2-8H,10H2,1H3,(H,23,26)(H,24,25)/b13-6+. The van der Waals surface area contributed by atoms with Gasteiger partial charge in [-0.25, -0.2) is 4.79 Å². The van der Waals surface area contributed by atoms with Crippen molar-refractivity contribution >= 4 is 55.5 Å². The molecule has 2 rings (SSSR count). The zero-order valence-electron chi connectivity index (χ0n) is 14.1. The number of amides is 1. The molecule has 6 nitrogen and oxygen atoms in total. The van der Waals surface area contributed by atoms with Crippen LogP contribution in [0.1, 0.15) is 11.1 Å². The lowest BCUT2D eigenvalue weighted by Crippen LogP contribution is -2.13. The minimum absolute atomic E-state index is 0.0754. The van der Waals surface area contributed by atoms with Crippen molar-refractivity contribution in [1.29, 1.82) is 5.26 Å². The second kappa shape index (κ2) is 9.35. The van der Waals surface area contributed by atoms with E-state index in [-0.39, 0.29) is 5.57 Å². The first-order valence-electron chi connectivity index (χ1n) is 7.63. The quantitative estimate of drug-likeness (QED) is 0.455. The predicted molar refractivity (Wildman–Crippen MR) is 108 cm³/mol. The number of nitrogens with zero attached hydrogens (tertiary/aromatic N) is 1. The van der Waals surface area contributed by atoms with Crippen LogP contribution in [0.3, 0.4) is 0 Å². The van der Waals surface area contributed by atoms with Gasteiger partial charge >= 0.3 is 5.97 Å². The lowest BCUT2D eigenvalue weighted by Gasteiger charge is -2.10. The molecular formula is C19H14Br2N2O4. The van der Waals surface area contributed by atoms with E-state index < -0.39 is 18.5 Å². The molecular weight excluding hydrogens is 480 g/mol. The van der Waals surface area contributed by atoms with Crippen LogP contribution >= 0.6 is 31.9 Å². The van der Waals surface area contributed by atoms with Crippen LogP contribution < -0.4 is 10.1 Å². The molecule has 27 heavy (non-hydrogen) atoms. The van der Waals surface area contributed by atoms with Crippen LogP contribution in [-0.2, 0) is 9.59 Å². The lowest BCUT2D eigenvalue weighted by atomic mass is 10.1. The topological polar surface area (TPSA) is 99.4 Å². The van der Waals surface area contributed by atoms with Crippen LogP contribution in [0.25, 0.3) is 6.08 Å². The SMILES string of the molecule is Cc1ccc(NC(=O)/C(C#N)=C/c2cc(Br)c(OCC(=O)O)c(Br)c2)cc1. The minimum atomic E-state index is -1.10. The molecule has 8 heteroatoms. The van der Waals surface area contributed by atoms with Crippen molar-refractivity contribution in [3.63, 3.8) is 0 Å². The largest absolute Gasteiger partial charge is 0.480 e. The highest BCUT2D eigenvalue weighted by Crippen LogP contribution is 2.35. The number of aliphatic carboxylic acids is 1. The Hall–Kier alpha value is -2.63. The minimum Gasteiger partial charge on any atom is -0.480 e. The summed E-state index contributed by atoms with van der Waals surface area (Å²) in [6.07, 6.45) is 1.43. The third kappa shape index (κ3) is 5.94. The molecule has 0 saturated heterocycles. The van der Waals surface area contributed by atoms with E-state index in [0.29, 0.717) is 25.9 Å². The normalized spacial score (nSPS) is 10.8. The molecule has 1 amide bonds. The van der Waals surface area contributed by atoms with Gasteiger partial charge in [0.2, 0.25) is 0 Å². The lowest BCUT2D eigenvalue weighted by molar-refractivity contribution is -0.139. The summed E-state index contributed by atoms with van der Waals surface area (Å²) in [4.78, 5) is 23.0. The maximum Gasteiger partial charge on any atom is 0.341 e. The van der Waals surface area contributed by atoms with Crippen molar-refractivity contribution < 1.29 is 19.4 Å². The Morgan fingerprint density at radius 2 is 1.81 bits per heavy atom. The molecule has 0 radical (unpaired) electrons. The first-order chi connectivity index (χ1) is 12.8. The number of halogens is 2. The number of ether oxygens (including phenoxy) is 1. The summed E-state index contributed by atoms with van der Waals surface area (Å²) in [5.74, 6) is -1.31. The molecule has 0 saturated carbocycles. The number of carboxylic acid groups (broad SMARTS) is 1. The first kappa shape index (κ1) is 20.7. The number of carbonyl (C=O) groups excluding carboxylic acids is 1. The summed E-state index contributed by atoms with van der Waals surface area (Å²) < 4.78 is 6.17. The van der Waals surface area contributed by atoms with Crippen molar-refractivity contribution in [1.82, 2.24) is 0 Å². The summed E-state index contributed by atoms with van der Waals surface area (Å²) in [7, 11) is 0. The molecule has 0 aliphatic carbocycles. The Bertz CT molecular complexity index is 924. The number of nitriles is 1. The van der Waals surface area contributed by atoms with Crippen molar-refractivity contribution in [2.45, 2.75) is 6.92 Å². The van der Waals surface area contributed by atoms with Crippen LogP contribution in [0.4, 0.5) is 5.69 Å². The van der Waals surface area contributed by atoms with Gasteiger partial charge < -0.3 is 15.2 Å². The fraction of sp³-hybridized carbons (Fsp3) is 0.105. The number of nitrogens with one attached hydrogen (secondary N) is 1. The number of carbonyl (C=O) groups is 2. The van der Waals surface area contributed by atoms with Crippen LogP contribution in [0, 0.1) is 18.3 Å². The zero-order chi connectivity index (χ0) is 20.0. The first-order valence-corrected chi connectivity index (χ1v) is 9.22. The Kier molecular flexibility index (Phi) is 7.16. The van der Waals surface area contributed by atoms with E-state index in [1.54, 1.807) is 24.3 Å². The molecule has 0 bridgehead atoms. The summed E-state index contributed by atoms with van der Waals surface area (Å²) in [6, 6.07) is 12.4. The molecule has 0 aliphatic heterocycles. The van der Waals surface area contributed by atoms with Crippen molar-refractivity contribution in [2.24, 2.45) is 0 Å². The fourth-order valence-electron chi connectivity index (χ4n) is 2.09. The average Bonchev–Trinajstić information content (AvgIpc) is 2.60. The summed E-state index contributed by atoms with van der Waals surface area (Å²) >= 11 is 6.59. The third-order valence-electron chi connectivity index (χ3n) is 3.35. The van der Waals surface area contributed by atoms with Gasteiger partial charge in [-0.3, -0.25) is 4.79 Å². The Labute approximate surface area is 172 Å². The van der Waals surface area contributed by atoms with Crippen LogP contribution in [0.15, 0.2) is 50.9 Å². The molecule has 0 atom stereocenters. The maximum absolute atomic E-state index is 12.3. The Morgan fingerprint density at radius 3 is 2.33 bits per heavy atom. The molecule has 0 aromatic heterocycles. The average molecular weight is 494 g/mol. The molecule has 0 fully saturated rings. The number of carboxylic acids is 1. The molecule has 0 aliphatic rings. The summed E-state index contributed by atoms with van der Waals surface area (Å²) in [6.45, 7) is 1.44. The summed E-state index contributed by atoms with van der Waals surface area (Å²) in [5.41, 5.74) is 2.14. The molecule has 2 aromatic carbocycles. The van der Waals surface area contributed by atoms with E-state index in [1.807, 2.05) is 25.1 Å². The molecule has 0 unspecified atom stereocenters. The van der Waals surface area contributed by atoms with E-state index in [4.69, 9.17) is 9.84 Å². The van der Waals surface area contributed by atoms with Crippen LogP contribution in [-0.4, -0.2) is 23.6 Å². The van der Waals surface area contributed by atoms with Gasteiger partial charge in [-0.2, -0.15) is 5.26 Å².